The molecule has 0 amide bonds. The number of hydrogen-bond acceptors (Lipinski definition) is 3. The van der Waals surface area contributed by atoms with Crippen LogP contribution in [-0.2, 0) is 0 Å². The maximum absolute atomic E-state index is 9.15. The van der Waals surface area contributed by atoms with E-state index in [1.165, 1.54) is 0 Å². The summed E-state index contributed by atoms with van der Waals surface area (Å²) < 4.78 is 0. The van der Waals surface area contributed by atoms with Crippen molar-refractivity contribution in [1.29, 1.82) is 0 Å². The molecule has 0 aliphatic rings. The van der Waals surface area contributed by atoms with Gasteiger partial charge in [0.15, 0.2) is 0 Å². The number of anilines is 1. The summed E-state index contributed by atoms with van der Waals surface area (Å²) in [6, 6.07) is 17.7. The minimum atomic E-state index is 0.658. The molecule has 21 heavy (non-hydrogen) atoms. The molecule has 2 aromatic carbocycles. The summed E-state index contributed by atoms with van der Waals surface area (Å²) in [5, 5.41) is 11.2. The monoisotopic (exact) mass is 275 g/mol. The van der Waals surface area contributed by atoms with Crippen LogP contribution in [0.25, 0.3) is 33.1 Å². The van der Waals surface area contributed by atoms with E-state index in [0.29, 0.717) is 5.69 Å². The van der Waals surface area contributed by atoms with Gasteiger partial charge in [-0.05, 0) is 30.3 Å². The van der Waals surface area contributed by atoms with Crippen molar-refractivity contribution in [2.45, 2.75) is 0 Å². The van der Waals surface area contributed by atoms with Crippen molar-refractivity contribution in [1.82, 2.24) is 9.97 Å². The van der Waals surface area contributed by atoms with E-state index in [1.807, 2.05) is 54.7 Å². The first-order valence-corrected chi connectivity index (χ1v) is 6.73. The molecular weight excluding hydrogens is 262 g/mol. The molecule has 2 heterocycles. The Balaban J connectivity index is 1.95. The van der Waals surface area contributed by atoms with Crippen LogP contribution in [0.2, 0.25) is 0 Å². The molecule has 0 bridgehead atoms. The number of hydrogen-bond donors (Lipinski definition) is 3. The van der Waals surface area contributed by atoms with Gasteiger partial charge in [0.1, 0.15) is 0 Å². The molecule has 4 nitrogen and oxygen atoms in total. The Bertz CT molecular complexity index is 943. The van der Waals surface area contributed by atoms with Gasteiger partial charge in [0.05, 0.1) is 16.9 Å². The molecule has 0 atom stereocenters. The second-order valence-corrected chi connectivity index (χ2v) is 4.93. The van der Waals surface area contributed by atoms with Gasteiger partial charge in [-0.2, -0.15) is 0 Å². The highest BCUT2D eigenvalue weighted by Crippen LogP contribution is 2.30. The van der Waals surface area contributed by atoms with E-state index < -0.39 is 0 Å². The molecule has 4 rings (SSSR count). The van der Waals surface area contributed by atoms with Gasteiger partial charge in [-0.3, -0.25) is 10.7 Å². The zero-order valence-corrected chi connectivity index (χ0v) is 11.2. The minimum Gasteiger partial charge on any atom is -0.360 e. The van der Waals surface area contributed by atoms with Gasteiger partial charge >= 0.3 is 0 Å². The predicted molar refractivity (Wildman–Crippen MR) is 84.4 cm³/mol. The second kappa shape index (κ2) is 4.61. The van der Waals surface area contributed by atoms with Crippen molar-refractivity contribution in [3.05, 3.63) is 60.8 Å². The molecular formula is C17H13N3O. The van der Waals surface area contributed by atoms with Gasteiger partial charge in [-0.1, -0.05) is 24.3 Å². The Morgan fingerprint density at radius 3 is 2.71 bits per heavy atom. The number of fused-ring (bicyclic) bond motifs is 2. The molecule has 0 unspecified atom stereocenters. The van der Waals surface area contributed by atoms with Crippen molar-refractivity contribution in [2.24, 2.45) is 0 Å². The summed E-state index contributed by atoms with van der Waals surface area (Å²) in [5.74, 6) is 0. The van der Waals surface area contributed by atoms with Gasteiger partial charge in [0, 0.05) is 28.0 Å². The minimum absolute atomic E-state index is 0.658. The van der Waals surface area contributed by atoms with Crippen molar-refractivity contribution in [3.8, 4) is 11.3 Å². The summed E-state index contributed by atoms with van der Waals surface area (Å²) in [7, 11) is 0. The first-order valence-electron chi connectivity index (χ1n) is 6.73. The van der Waals surface area contributed by atoms with Crippen LogP contribution in [0.4, 0.5) is 5.69 Å². The average molecular weight is 275 g/mol. The molecule has 0 saturated heterocycles. The lowest BCUT2D eigenvalue weighted by Crippen LogP contribution is -1.92. The zero-order chi connectivity index (χ0) is 14.2. The van der Waals surface area contributed by atoms with Crippen LogP contribution in [0, 0.1) is 0 Å². The summed E-state index contributed by atoms with van der Waals surface area (Å²) >= 11 is 0. The number of benzene rings is 2. The van der Waals surface area contributed by atoms with Gasteiger partial charge in [-0.15, -0.1) is 0 Å². The highest BCUT2D eigenvalue weighted by atomic mass is 16.5. The number of aromatic nitrogens is 2. The van der Waals surface area contributed by atoms with Crippen molar-refractivity contribution >= 4 is 27.5 Å². The van der Waals surface area contributed by atoms with Crippen LogP contribution in [0.15, 0.2) is 60.8 Å². The molecule has 0 aliphatic carbocycles. The van der Waals surface area contributed by atoms with E-state index in [9.17, 15) is 0 Å². The van der Waals surface area contributed by atoms with Gasteiger partial charge in [-0.25, -0.2) is 4.98 Å². The maximum atomic E-state index is 9.15. The number of pyridine rings is 1. The largest absolute Gasteiger partial charge is 0.360 e. The van der Waals surface area contributed by atoms with Crippen LogP contribution in [0.1, 0.15) is 0 Å². The Morgan fingerprint density at radius 1 is 0.905 bits per heavy atom. The van der Waals surface area contributed by atoms with Crippen LogP contribution < -0.4 is 5.48 Å². The van der Waals surface area contributed by atoms with Crippen LogP contribution in [0.3, 0.4) is 0 Å². The molecule has 0 aliphatic heterocycles. The first kappa shape index (κ1) is 11.9. The standard InChI is InChI=1S/C17H13N3O/c21-20-17-7-3-6-15-12(17)8-9-16(19-15)13-10-18-14-5-2-1-4-11(13)14/h1-10,18,20-21H. The van der Waals surface area contributed by atoms with E-state index in [1.54, 1.807) is 0 Å². The lowest BCUT2D eigenvalue weighted by atomic mass is 10.1. The number of para-hydroxylation sites is 1. The summed E-state index contributed by atoms with van der Waals surface area (Å²) in [6.45, 7) is 0. The highest BCUT2D eigenvalue weighted by molar-refractivity contribution is 5.97. The Morgan fingerprint density at radius 2 is 1.81 bits per heavy atom. The van der Waals surface area contributed by atoms with Gasteiger partial charge < -0.3 is 4.98 Å². The summed E-state index contributed by atoms with van der Waals surface area (Å²) in [6.07, 6.45) is 1.98. The smallest absolute Gasteiger partial charge is 0.0731 e. The predicted octanol–water partition coefficient (Wildman–Crippen LogP) is 4.18. The van der Waals surface area contributed by atoms with E-state index >= 15 is 0 Å². The molecule has 0 fully saturated rings. The molecule has 4 aromatic rings. The molecule has 102 valence electrons. The van der Waals surface area contributed by atoms with E-state index in [0.717, 1.165) is 33.1 Å². The number of nitrogens with zero attached hydrogens (tertiary/aromatic N) is 1. The van der Waals surface area contributed by atoms with Crippen molar-refractivity contribution in [3.63, 3.8) is 0 Å². The maximum Gasteiger partial charge on any atom is 0.0731 e. The lowest BCUT2D eigenvalue weighted by Gasteiger charge is -2.06. The van der Waals surface area contributed by atoms with E-state index in [-0.39, 0.29) is 0 Å². The van der Waals surface area contributed by atoms with Crippen molar-refractivity contribution < 1.29 is 5.21 Å². The molecule has 3 N–H and O–H groups in total. The molecule has 0 radical (unpaired) electrons. The Hall–Kier alpha value is -2.85. The van der Waals surface area contributed by atoms with E-state index in [4.69, 9.17) is 10.2 Å². The third kappa shape index (κ3) is 1.85. The lowest BCUT2D eigenvalue weighted by molar-refractivity contribution is 0.390. The third-order valence-electron chi connectivity index (χ3n) is 3.72. The number of H-pyrrole nitrogens is 1. The second-order valence-electron chi connectivity index (χ2n) is 4.93. The number of nitrogens with one attached hydrogen (secondary N) is 2. The number of rotatable bonds is 2. The van der Waals surface area contributed by atoms with Gasteiger partial charge in [0.25, 0.3) is 0 Å². The van der Waals surface area contributed by atoms with E-state index in [2.05, 4.69) is 16.5 Å². The summed E-state index contributed by atoms with van der Waals surface area (Å²) in [4.78, 5) is 7.97. The van der Waals surface area contributed by atoms with Crippen molar-refractivity contribution in [2.75, 3.05) is 5.48 Å². The normalized spacial score (nSPS) is 11.1. The molecule has 2 aromatic heterocycles. The fourth-order valence-electron chi connectivity index (χ4n) is 2.69. The van der Waals surface area contributed by atoms with Crippen LogP contribution in [-0.4, -0.2) is 15.2 Å². The third-order valence-corrected chi connectivity index (χ3v) is 3.72. The topological polar surface area (TPSA) is 60.9 Å². The van der Waals surface area contributed by atoms with Crippen LogP contribution >= 0.6 is 0 Å². The quantitative estimate of drug-likeness (QED) is 0.481. The van der Waals surface area contributed by atoms with Gasteiger partial charge in [0.2, 0.25) is 0 Å². The molecule has 0 saturated carbocycles. The fraction of sp³-hybridized carbons (Fsp3) is 0. The molecule has 4 heteroatoms. The Kier molecular flexibility index (Phi) is 2.62. The SMILES string of the molecule is ONc1cccc2nc(-c3c[nH]c4ccccc34)ccc12. The summed E-state index contributed by atoms with van der Waals surface area (Å²) in [5.41, 5.74) is 6.80. The highest BCUT2D eigenvalue weighted by Gasteiger charge is 2.08. The van der Waals surface area contributed by atoms with Crippen LogP contribution in [0.5, 0.6) is 0 Å². The first-order chi connectivity index (χ1) is 10.4. The fourth-order valence-corrected chi connectivity index (χ4v) is 2.69. The number of aromatic amines is 1. The zero-order valence-electron chi connectivity index (χ0n) is 11.2. The molecule has 0 spiro atoms. The Labute approximate surface area is 121 Å². The average Bonchev–Trinajstić information content (AvgIpc) is 2.97.